The fourth-order valence-electron chi connectivity index (χ4n) is 2.74. The van der Waals surface area contributed by atoms with E-state index in [0.29, 0.717) is 24.4 Å². The van der Waals surface area contributed by atoms with Crippen LogP contribution in [0.2, 0.25) is 5.02 Å². The average Bonchev–Trinajstić information content (AvgIpc) is 2.62. The first-order valence-electron chi connectivity index (χ1n) is 8.88. The van der Waals surface area contributed by atoms with E-state index in [1.54, 1.807) is 4.90 Å². The molecule has 0 radical (unpaired) electrons. The lowest BCUT2D eigenvalue weighted by Crippen LogP contribution is -2.38. The molecule has 5 heteroatoms. The topological polar surface area (TPSA) is 49.4 Å². The van der Waals surface area contributed by atoms with Crippen molar-refractivity contribution in [3.8, 4) is 0 Å². The van der Waals surface area contributed by atoms with E-state index in [4.69, 9.17) is 11.6 Å². The Balaban J connectivity index is 1.94. The summed E-state index contributed by atoms with van der Waals surface area (Å²) < 4.78 is 0. The molecule has 0 heterocycles. The molecule has 0 aliphatic rings. The molecule has 2 amide bonds. The number of nitrogens with one attached hydrogen (secondary N) is 1. The van der Waals surface area contributed by atoms with Crippen molar-refractivity contribution in [1.29, 1.82) is 0 Å². The smallest absolute Gasteiger partial charge is 0.244 e. The van der Waals surface area contributed by atoms with Gasteiger partial charge < -0.3 is 10.2 Å². The fraction of sp³-hybridized carbons (Fsp3) is 0.333. The fourth-order valence-corrected chi connectivity index (χ4v) is 2.97. The van der Waals surface area contributed by atoms with Crippen molar-refractivity contribution in [2.75, 3.05) is 18.4 Å². The van der Waals surface area contributed by atoms with Crippen LogP contribution in [0.3, 0.4) is 0 Å². The van der Waals surface area contributed by atoms with Crippen molar-refractivity contribution in [3.63, 3.8) is 0 Å². The van der Waals surface area contributed by atoms with E-state index in [0.717, 1.165) is 23.2 Å². The molecule has 2 aromatic carbocycles. The Labute approximate surface area is 160 Å². The van der Waals surface area contributed by atoms with Crippen molar-refractivity contribution in [3.05, 3.63) is 64.7 Å². The monoisotopic (exact) mass is 372 g/mol. The highest BCUT2D eigenvalue weighted by Gasteiger charge is 2.17. The van der Waals surface area contributed by atoms with Crippen LogP contribution in [-0.2, 0) is 16.0 Å². The van der Waals surface area contributed by atoms with Gasteiger partial charge in [0, 0.05) is 23.7 Å². The molecule has 0 spiro atoms. The zero-order valence-corrected chi connectivity index (χ0v) is 16.1. The number of rotatable bonds is 8. The predicted octanol–water partition coefficient (Wildman–Crippen LogP) is 4.46. The minimum absolute atomic E-state index is 0.0355. The second-order valence-electron chi connectivity index (χ2n) is 6.27. The second-order valence-corrected chi connectivity index (χ2v) is 6.68. The van der Waals surface area contributed by atoms with Gasteiger partial charge in [-0.3, -0.25) is 9.59 Å². The largest absolute Gasteiger partial charge is 0.333 e. The molecule has 1 N–H and O–H groups in total. The molecule has 138 valence electrons. The van der Waals surface area contributed by atoms with Crippen LogP contribution in [-0.4, -0.2) is 29.8 Å². The first-order valence-corrected chi connectivity index (χ1v) is 9.25. The Morgan fingerprint density at radius 1 is 1.08 bits per heavy atom. The van der Waals surface area contributed by atoms with Crippen molar-refractivity contribution in [2.24, 2.45) is 0 Å². The van der Waals surface area contributed by atoms with E-state index >= 15 is 0 Å². The number of benzene rings is 2. The highest BCUT2D eigenvalue weighted by atomic mass is 35.5. The first kappa shape index (κ1) is 20.0. The molecule has 2 rings (SSSR count). The number of aryl methyl sites for hydroxylation is 2. The van der Waals surface area contributed by atoms with Gasteiger partial charge in [0.1, 0.15) is 0 Å². The van der Waals surface area contributed by atoms with Gasteiger partial charge in [0.2, 0.25) is 11.8 Å². The number of amides is 2. The summed E-state index contributed by atoms with van der Waals surface area (Å²) in [6.07, 6.45) is 1.70. The molecule has 0 unspecified atom stereocenters. The number of hydrogen-bond donors (Lipinski definition) is 1. The van der Waals surface area contributed by atoms with E-state index in [2.05, 4.69) is 5.32 Å². The number of anilines is 1. The molecule has 0 atom stereocenters. The van der Waals surface area contributed by atoms with Gasteiger partial charge in [-0.05, 0) is 43.0 Å². The van der Waals surface area contributed by atoms with Gasteiger partial charge in [-0.1, -0.05) is 54.9 Å². The van der Waals surface area contributed by atoms with Gasteiger partial charge in [0.25, 0.3) is 0 Å². The lowest BCUT2D eigenvalue weighted by molar-refractivity contribution is -0.134. The lowest BCUT2D eigenvalue weighted by atomic mass is 10.1. The number of nitrogens with zero attached hydrogens (tertiary/aromatic N) is 1. The number of carbonyl (C=O) groups excluding carboxylic acids is 2. The molecule has 26 heavy (non-hydrogen) atoms. The third kappa shape index (κ3) is 5.88. The summed E-state index contributed by atoms with van der Waals surface area (Å²) in [5.41, 5.74) is 2.72. The normalized spacial score (nSPS) is 10.4. The zero-order valence-electron chi connectivity index (χ0n) is 15.3. The molecule has 4 nitrogen and oxygen atoms in total. The summed E-state index contributed by atoms with van der Waals surface area (Å²) in [6, 6.07) is 15.1. The van der Waals surface area contributed by atoms with Crippen LogP contribution < -0.4 is 5.32 Å². The van der Waals surface area contributed by atoms with E-state index in [1.165, 1.54) is 0 Å². The van der Waals surface area contributed by atoms with Crippen LogP contribution in [0.15, 0.2) is 48.5 Å². The van der Waals surface area contributed by atoms with Gasteiger partial charge in [-0.25, -0.2) is 0 Å². The molecular weight excluding hydrogens is 348 g/mol. The third-order valence-electron chi connectivity index (χ3n) is 4.17. The number of halogens is 1. The van der Waals surface area contributed by atoms with E-state index in [-0.39, 0.29) is 18.4 Å². The van der Waals surface area contributed by atoms with Crippen LogP contribution in [0.25, 0.3) is 0 Å². The van der Waals surface area contributed by atoms with Crippen LogP contribution in [0.4, 0.5) is 5.69 Å². The van der Waals surface area contributed by atoms with Crippen LogP contribution in [0.5, 0.6) is 0 Å². The SMILES string of the molecule is CCCN(CC(=O)Nc1ccccc1C)C(=O)CCc1ccccc1Cl. The van der Waals surface area contributed by atoms with Crippen LogP contribution in [0.1, 0.15) is 30.9 Å². The Kier molecular flexibility index (Phi) is 7.67. The first-order chi connectivity index (χ1) is 12.5. The second kappa shape index (κ2) is 9.97. The number of hydrogen-bond acceptors (Lipinski definition) is 2. The Morgan fingerprint density at radius 3 is 2.46 bits per heavy atom. The van der Waals surface area contributed by atoms with Crippen molar-refractivity contribution < 1.29 is 9.59 Å². The number of carbonyl (C=O) groups is 2. The Morgan fingerprint density at radius 2 is 1.77 bits per heavy atom. The molecule has 0 saturated carbocycles. The van der Waals surface area contributed by atoms with Crippen molar-refractivity contribution >= 4 is 29.1 Å². The maximum Gasteiger partial charge on any atom is 0.244 e. The van der Waals surface area contributed by atoms with Gasteiger partial charge in [0.05, 0.1) is 6.54 Å². The van der Waals surface area contributed by atoms with E-state index < -0.39 is 0 Å². The average molecular weight is 373 g/mol. The third-order valence-corrected chi connectivity index (χ3v) is 4.53. The molecule has 0 fully saturated rings. The van der Waals surface area contributed by atoms with Gasteiger partial charge in [0.15, 0.2) is 0 Å². The summed E-state index contributed by atoms with van der Waals surface area (Å²) in [7, 11) is 0. The highest BCUT2D eigenvalue weighted by molar-refractivity contribution is 6.31. The summed E-state index contributed by atoms with van der Waals surface area (Å²) >= 11 is 6.15. The molecule has 0 saturated heterocycles. The maximum atomic E-state index is 12.6. The van der Waals surface area contributed by atoms with Crippen molar-refractivity contribution in [2.45, 2.75) is 33.1 Å². The van der Waals surface area contributed by atoms with Gasteiger partial charge in [-0.2, -0.15) is 0 Å². The highest BCUT2D eigenvalue weighted by Crippen LogP contribution is 2.17. The number of para-hydroxylation sites is 1. The lowest BCUT2D eigenvalue weighted by Gasteiger charge is -2.22. The molecule has 0 bridgehead atoms. The van der Waals surface area contributed by atoms with Crippen LogP contribution in [0, 0.1) is 6.92 Å². The standard InChI is InChI=1S/C21H25ClN2O2/c1-3-14-24(15-20(25)23-19-11-7-4-8-16(19)2)21(26)13-12-17-9-5-6-10-18(17)22/h4-11H,3,12-15H2,1-2H3,(H,23,25). The predicted molar refractivity (Wildman–Crippen MR) is 106 cm³/mol. The molecular formula is C21H25ClN2O2. The van der Waals surface area contributed by atoms with Gasteiger partial charge in [-0.15, -0.1) is 0 Å². The zero-order chi connectivity index (χ0) is 18.9. The Bertz CT molecular complexity index is 761. The molecule has 2 aromatic rings. The van der Waals surface area contributed by atoms with E-state index in [1.807, 2.05) is 62.4 Å². The summed E-state index contributed by atoms with van der Waals surface area (Å²) in [6.45, 7) is 4.55. The Hall–Kier alpha value is -2.33. The quantitative estimate of drug-likeness (QED) is 0.743. The van der Waals surface area contributed by atoms with Gasteiger partial charge >= 0.3 is 0 Å². The van der Waals surface area contributed by atoms with E-state index in [9.17, 15) is 9.59 Å². The summed E-state index contributed by atoms with van der Waals surface area (Å²) in [5, 5.41) is 3.55. The molecule has 0 aliphatic carbocycles. The van der Waals surface area contributed by atoms with Crippen LogP contribution >= 0.6 is 11.6 Å². The summed E-state index contributed by atoms with van der Waals surface area (Å²) in [4.78, 5) is 26.5. The molecule has 0 aliphatic heterocycles. The minimum Gasteiger partial charge on any atom is -0.333 e. The van der Waals surface area contributed by atoms with Crippen molar-refractivity contribution in [1.82, 2.24) is 4.90 Å². The summed E-state index contributed by atoms with van der Waals surface area (Å²) in [5.74, 6) is -0.217. The maximum absolute atomic E-state index is 12.6. The molecule has 0 aromatic heterocycles. The minimum atomic E-state index is -0.182.